The summed E-state index contributed by atoms with van der Waals surface area (Å²) in [6, 6.07) is 8.51. The number of hydrogen-bond donors (Lipinski definition) is 1. The van der Waals surface area contributed by atoms with Crippen LogP contribution in [0.25, 0.3) is 0 Å². The van der Waals surface area contributed by atoms with E-state index in [0.717, 1.165) is 0 Å². The van der Waals surface area contributed by atoms with Gasteiger partial charge in [-0.05, 0) is 30.3 Å². The van der Waals surface area contributed by atoms with Gasteiger partial charge in [0.15, 0.2) is 0 Å². The lowest BCUT2D eigenvalue weighted by molar-refractivity contribution is -0.385. The predicted octanol–water partition coefficient (Wildman–Crippen LogP) is 4.26. The van der Waals surface area contributed by atoms with Gasteiger partial charge in [-0.25, -0.2) is 4.39 Å². The molecule has 2 aromatic rings. The maximum absolute atomic E-state index is 13.1. The van der Waals surface area contributed by atoms with Crippen molar-refractivity contribution in [2.45, 2.75) is 10.6 Å². The number of thioether (sulfide) groups is 1. The van der Waals surface area contributed by atoms with Gasteiger partial charge in [0.1, 0.15) is 5.82 Å². The first kappa shape index (κ1) is 14.6. The summed E-state index contributed by atoms with van der Waals surface area (Å²) < 4.78 is 13.1. The molecular formula is C13H10ClFN2O2S. The van der Waals surface area contributed by atoms with Crippen LogP contribution in [0.4, 0.5) is 15.8 Å². The van der Waals surface area contributed by atoms with E-state index in [-0.39, 0.29) is 5.69 Å². The highest BCUT2D eigenvalue weighted by Gasteiger charge is 2.15. The van der Waals surface area contributed by atoms with Crippen molar-refractivity contribution in [2.75, 3.05) is 5.73 Å². The first-order valence-electron chi connectivity index (χ1n) is 5.58. The molecule has 0 aliphatic carbocycles. The Morgan fingerprint density at radius 2 is 2.05 bits per heavy atom. The molecule has 0 heterocycles. The van der Waals surface area contributed by atoms with Crippen molar-refractivity contribution < 1.29 is 9.31 Å². The average molecular weight is 313 g/mol. The molecule has 20 heavy (non-hydrogen) atoms. The third-order valence-electron chi connectivity index (χ3n) is 2.60. The van der Waals surface area contributed by atoms with E-state index < -0.39 is 10.7 Å². The molecule has 4 nitrogen and oxygen atoms in total. The van der Waals surface area contributed by atoms with E-state index in [2.05, 4.69) is 0 Å². The van der Waals surface area contributed by atoms with Crippen molar-refractivity contribution in [1.82, 2.24) is 0 Å². The van der Waals surface area contributed by atoms with Gasteiger partial charge in [-0.1, -0.05) is 11.6 Å². The van der Waals surface area contributed by atoms with Crippen molar-refractivity contribution >= 4 is 34.7 Å². The van der Waals surface area contributed by atoms with E-state index in [1.165, 1.54) is 36.0 Å². The van der Waals surface area contributed by atoms with E-state index in [1.54, 1.807) is 12.1 Å². The van der Waals surface area contributed by atoms with Gasteiger partial charge in [-0.3, -0.25) is 10.1 Å². The van der Waals surface area contributed by atoms with Crippen LogP contribution in [0.3, 0.4) is 0 Å². The highest BCUT2D eigenvalue weighted by atomic mass is 35.5. The number of nitrogens with two attached hydrogens (primary N) is 1. The largest absolute Gasteiger partial charge is 0.398 e. The minimum absolute atomic E-state index is 0.0556. The van der Waals surface area contributed by atoms with Crippen LogP contribution in [0.15, 0.2) is 41.3 Å². The molecule has 104 valence electrons. The van der Waals surface area contributed by atoms with Gasteiger partial charge in [0.2, 0.25) is 0 Å². The maximum atomic E-state index is 13.1. The van der Waals surface area contributed by atoms with Crippen molar-refractivity contribution in [3.63, 3.8) is 0 Å². The number of anilines is 1. The Labute approximate surface area is 123 Å². The molecular weight excluding hydrogens is 303 g/mol. The fourth-order valence-electron chi connectivity index (χ4n) is 1.62. The molecule has 0 radical (unpaired) electrons. The molecule has 0 saturated carbocycles. The fourth-order valence-corrected chi connectivity index (χ4v) is 2.77. The van der Waals surface area contributed by atoms with E-state index >= 15 is 0 Å². The van der Waals surface area contributed by atoms with E-state index in [0.29, 0.717) is 26.9 Å². The summed E-state index contributed by atoms with van der Waals surface area (Å²) in [5.74, 6) is -0.0893. The van der Waals surface area contributed by atoms with Crippen LogP contribution in [-0.4, -0.2) is 4.92 Å². The van der Waals surface area contributed by atoms with Gasteiger partial charge < -0.3 is 5.73 Å². The van der Waals surface area contributed by atoms with Crippen molar-refractivity contribution in [2.24, 2.45) is 0 Å². The Morgan fingerprint density at radius 1 is 1.30 bits per heavy atom. The van der Waals surface area contributed by atoms with Crippen molar-refractivity contribution in [1.29, 1.82) is 0 Å². The number of benzene rings is 2. The molecule has 7 heteroatoms. The minimum Gasteiger partial charge on any atom is -0.398 e. The quantitative estimate of drug-likeness (QED) is 0.396. The third kappa shape index (κ3) is 3.40. The monoisotopic (exact) mass is 312 g/mol. The van der Waals surface area contributed by atoms with Crippen LogP contribution in [-0.2, 0) is 5.75 Å². The highest BCUT2D eigenvalue weighted by Crippen LogP contribution is 2.32. The number of halogens is 2. The zero-order valence-corrected chi connectivity index (χ0v) is 11.7. The molecule has 2 aromatic carbocycles. The summed E-state index contributed by atoms with van der Waals surface area (Å²) in [6.45, 7) is 0. The van der Waals surface area contributed by atoms with E-state index in [9.17, 15) is 14.5 Å². The summed E-state index contributed by atoms with van der Waals surface area (Å²) in [5.41, 5.74) is 6.62. The average Bonchev–Trinajstić information content (AvgIpc) is 2.40. The predicted molar refractivity (Wildman–Crippen MR) is 78.5 cm³/mol. The lowest BCUT2D eigenvalue weighted by atomic mass is 10.2. The second-order valence-electron chi connectivity index (χ2n) is 4.00. The van der Waals surface area contributed by atoms with E-state index in [4.69, 9.17) is 17.3 Å². The second kappa shape index (κ2) is 6.11. The molecule has 0 amide bonds. The summed E-state index contributed by atoms with van der Waals surface area (Å²) in [5, 5.41) is 11.3. The Balaban J connectivity index is 2.23. The standard InChI is InChI=1S/C13H10ClFN2O2S/c14-9-2-1-8(12(5-9)17(18)19)7-20-13-6-10(15)3-4-11(13)16/h1-6H,7,16H2. The Hall–Kier alpha value is -1.79. The van der Waals surface area contributed by atoms with E-state index in [1.807, 2.05) is 0 Å². The molecule has 2 N–H and O–H groups in total. The number of hydrogen-bond acceptors (Lipinski definition) is 4. The number of nitro groups is 1. The van der Waals surface area contributed by atoms with Crippen LogP contribution < -0.4 is 5.73 Å². The molecule has 0 bridgehead atoms. The first-order chi connectivity index (χ1) is 9.47. The van der Waals surface area contributed by atoms with Gasteiger partial charge in [-0.15, -0.1) is 11.8 Å². The zero-order chi connectivity index (χ0) is 14.7. The summed E-state index contributed by atoms with van der Waals surface area (Å²) in [7, 11) is 0. The van der Waals surface area contributed by atoms with Gasteiger partial charge >= 0.3 is 0 Å². The number of nitro benzene ring substituents is 1. The van der Waals surface area contributed by atoms with Crippen LogP contribution in [0.5, 0.6) is 0 Å². The molecule has 0 aliphatic heterocycles. The van der Waals surface area contributed by atoms with Crippen LogP contribution in [0.2, 0.25) is 5.02 Å². The number of nitrogens with zero attached hydrogens (tertiary/aromatic N) is 1. The number of rotatable bonds is 4. The highest BCUT2D eigenvalue weighted by molar-refractivity contribution is 7.98. The van der Waals surface area contributed by atoms with Gasteiger partial charge in [0, 0.05) is 33.0 Å². The minimum atomic E-state index is -0.489. The van der Waals surface area contributed by atoms with Gasteiger partial charge in [-0.2, -0.15) is 0 Å². The Morgan fingerprint density at radius 3 is 2.75 bits per heavy atom. The van der Waals surface area contributed by atoms with Crippen LogP contribution in [0.1, 0.15) is 5.56 Å². The van der Waals surface area contributed by atoms with Crippen molar-refractivity contribution in [3.05, 3.63) is 62.9 Å². The molecule has 2 rings (SSSR count). The molecule has 0 aliphatic rings. The van der Waals surface area contributed by atoms with Gasteiger partial charge in [0.05, 0.1) is 4.92 Å². The normalized spacial score (nSPS) is 10.5. The SMILES string of the molecule is Nc1ccc(F)cc1SCc1ccc(Cl)cc1[N+](=O)[O-]. The maximum Gasteiger partial charge on any atom is 0.274 e. The fraction of sp³-hybridized carbons (Fsp3) is 0.0769. The summed E-state index contributed by atoms with van der Waals surface area (Å²) >= 11 is 6.98. The molecule has 0 spiro atoms. The summed E-state index contributed by atoms with van der Waals surface area (Å²) in [6.07, 6.45) is 0. The second-order valence-corrected chi connectivity index (χ2v) is 5.45. The first-order valence-corrected chi connectivity index (χ1v) is 6.94. The molecule has 0 aromatic heterocycles. The summed E-state index contributed by atoms with van der Waals surface area (Å²) in [4.78, 5) is 11.0. The molecule has 0 unspecified atom stereocenters. The Bertz CT molecular complexity index is 667. The zero-order valence-electron chi connectivity index (χ0n) is 10.2. The van der Waals surface area contributed by atoms with Crippen molar-refractivity contribution in [3.8, 4) is 0 Å². The number of nitrogen functional groups attached to an aromatic ring is 1. The molecule has 0 atom stereocenters. The lowest BCUT2D eigenvalue weighted by Crippen LogP contribution is -1.95. The topological polar surface area (TPSA) is 69.2 Å². The smallest absolute Gasteiger partial charge is 0.274 e. The van der Waals surface area contributed by atoms with Gasteiger partial charge in [0.25, 0.3) is 5.69 Å². The lowest BCUT2D eigenvalue weighted by Gasteiger charge is -2.06. The molecule has 0 fully saturated rings. The molecule has 0 saturated heterocycles. The third-order valence-corrected chi connectivity index (χ3v) is 3.96. The Kier molecular flexibility index (Phi) is 4.46. The van der Waals surface area contributed by atoms with Crippen LogP contribution >= 0.6 is 23.4 Å². The van der Waals surface area contributed by atoms with Crippen LogP contribution in [0, 0.1) is 15.9 Å².